The summed E-state index contributed by atoms with van der Waals surface area (Å²) in [6.07, 6.45) is -0.640. The zero-order valence-corrected chi connectivity index (χ0v) is 28.3. The Bertz CT molecular complexity index is 1730. The molecule has 1 aliphatic carbocycles. The van der Waals surface area contributed by atoms with Crippen LogP contribution in [-0.4, -0.2) is 98.7 Å². The number of aliphatic hydroxyl groups excluding tert-OH is 2. The number of halogens is 3. The van der Waals surface area contributed by atoms with E-state index in [1.54, 1.807) is 18.2 Å². The molecule has 1 fully saturated rings. The van der Waals surface area contributed by atoms with Crippen molar-refractivity contribution in [2.24, 2.45) is 5.92 Å². The zero-order valence-electron chi connectivity index (χ0n) is 27.5. The number of nitrogens with one attached hydrogen (secondary N) is 2. The van der Waals surface area contributed by atoms with Crippen LogP contribution >= 0.6 is 0 Å². The molecule has 1 aliphatic rings. The van der Waals surface area contributed by atoms with Crippen molar-refractivity contribution in [2.75, 3.05) is 64.7 Å². The Kier molecular flexibility index (Phi) is 12.3. The lowest BCUT2D eigenvalue weighted by Gasteiger charge is -2.33. The highest BCUT2D eigenvalue weighted by Crippen LogP contribution is 2.35. The van der Waals surface area contributed by atoms with Crippen LogP contribution in [0.5, 0.6) is 5.75 Å². The summed E-state index contributed by atoms with van der Waals surface area (Å²) in [6, 6.07) is 11.3. The van der Waals surface area contributed by atoms with E-state index in [1.165, 1.54) is 29.9 Å². The quantitative estimate of drug-likeness (QED) is 0.180. The van der Waals surface area contributed by atoms with Gasteiger partial charge in [0.15, 0.2) is 0 Å². The standard InChI is InChI=1S/C34H44F3N5O5S/c1-24(40(2)3)25-10-12-26(13-11-25)39-30-8-5-9-32-29(30)21-27(42(32)23-34(35,36)37)7-6-16-38-31-15-14-28(22-33(31)47-4)48(45,46)41(17-19-43)18-20-44/h5,8-9,14-15,21-22,25-26,38-39,43-44H,1,10-13,16-20,23H2,2-4H3. The summed E-state index contributed by atoms with van der Waals surface area (Å²) < 4.78 is 74.7. The number of allylic oxidation sites excluding steroid dienone is 1. The van der Waals surface area contributed by atoms with Gasteiger partial charge in [0.1, 0.15) is 12.3 Å². The van der Waals surface area contributed by atoms with Gasteiger partial charge in [0.25, 0.3) is 0 Å². The normalized spacial score (nSPS) is 16.8. The maximum absolute atomic E-state index is 13.7. The number of aliphatic hydroxyl groups is 2. The van der Waals surface area contributed by atoms with E-state index in [0.717, 1.165) is 41.4 Å². The van der Waals surface area contributed by atoms with Crippen molar-refractivity contribution < 1.29 is 36.5 Å². The molecular formula is C34H44F3N5O5S. The molecule has 0 aliphatic heterocycles. The molecule has 48 heavy (non-hydrogen) atoms. The molecule has 0 atom stereocenters. The minimum atomic E-state index is -4.46. The van der Waals surface area contributed by atoms with Gasteiger partial charge >= 0.3 is 6.18 Å². The Balaban J connectivity index is 1.54. The highest BCUT2D eigenvalue weighted by molar-refractivity contribution is 7.89. The monoisotopic (exact) mass is 691 g/mol. The first-order valence-electron chi connectivity index (χ1n) is 15.7. The largest absolute Gasteiger partial charge is 0.495 e. The molecule has 0 bridgehead atoms. The van der Waals surface area contributed by atoms with E-state index in [9.17, 15) is 31.8 Å². The van der Waals surface area contributed by atoms with Crippen molar-refractivity contribution in [1.29, 1.82) is 0 Å². The highest BCUT2D eigenvalue weighted by atomic mass is 32.2. The number of methoxy groups -OCH3 is 1. The summed E-state index contributed by atoms with van der Waals surface area (Å²) in [5.74, 6) is 6.40. The summed E-state index contributed by atoms with van der Waals surface area (Å²) >= 11 is 0. The van der Waals surface area contributed by atoms with Crippen LogP contribution in [0.2, 0.25) is 0 Å². The second-order valence-electron chi connectivity index (χ2n) is 11.9. The molecule has 0 saturated heterocycles. The van der Waals surface area contributed by atoms with E-state index < -0.39 is 36.0 Å². The van der Waals surface area contributed by atoms with Crippen molar-refractivity contribution in [3.63, 3.8) is 0 Å². The topological polar surface area (TPSA) is 119 Å². The Morgan fingerprint density at radius 2 is 1.75 bits per heavy atom. The number of benzene rings is 2. The minimum absolute atomic E-state index is 0.0315. The Morgan fingerprint density at radius 3 is 2.35 bits per heavy atom. The smallest absolute Gasteiger partial charge is 0.406 e. The van der Waals surface area contributed by atoms with Crippen LogP contribution in [-0.2, 0) is 16.6 Å². The number of fused-ring (bicyclic) bond motifs is 1. The molecule has 0 spiro atoms. The van der Waals surface area contributed by atoms with E-state index in [4.69, 9.17) is 4.74 Å². The maximum atomic E-state index is 13.7. The SMILES string of the molecule is C=C(C1CCC(Nc2cccc3c2cc(C#CCNc2ccc(S(=O)(=O)N(CCO)CCO)cc2OC)n3CC(F)(F)F)CC1)N(C)C. The van der Waals surface area contributed by atoms with E-state index in [-0.39, 0.29) is 42.0 Å². The first-order chi connectivity index (χ1) is 22.8. The van der Waals surface area contributed by atoms with Gasteiger partial charge in [-0.25, -0.2) is 8.42 Å². The number of nitrogens with zero attached hydrogens (tertiary/aromatic N) is 3. The van der Waals surface area contributed by atoms with Gasteiger partial charge in [0.05, 0.1) is 48.7 Å². The number of aromatic nitrogens is 1. The minimum Gasteiger partial charge on any atom is -0.495 e. The van der Waals surface area contributed by atoms with Crippen LogP contribution in [0.3, 0.4) is 0 Å². The molecule has 1 heterocycles. The average Bonchev–Trinajstić information content (AvgIpc) is 3.39. The number of sulfonamides is 1. The Labute approximate surface area is 280 Å². The van der Waals surface area contributed by atoms with Gasteiger partial charge in [-0.3, -0.25) is 0 Å². The molecule has 4 rings (SSSR count). The predicted molar refractivity (Wildman–Crippen MR) is 181 cm³/mol. The van der Waals surface area contributed by atoms with Gasteiger partial charge in [0, 0.05) is 56.1 Å². The summed E-state index contributed by atoms with van der Waals surface area (Å²) in [5.41, 5.74) is 2.94. The number of anilines is 2. The van der Waals surface area contributed by atoms with Gasteiger partial charge in [-0.2, -0.15) is 17.5 Å². The lowest BCUT2D eigenvalue weighted by Crippen LogP contribution is -2.35. The third-order valence-electron chi connectivity index (χ3n) is 8.51. The molecule has 0 amide bonds. The molecule has 4 N–H and O–H groups in total. The number of ether oxygens (including phenoxy) is 1. The summed E-state index contributed by atoms with van der Waals surface area (Å²) in [4.78, 5) is 1.96. The first kappa shape index (κ1) is 36.9. The van der Waals surface area contributed by atoms with Crippen LogP contribution in [0.4, 0.5) is 24.5 Å². The van der Waals surface area contributed by atoms with Gasteiger partial charge in [-0.15, -0.1) is 0 Å². The predicted octanol–water partition coefficient (Wildman–Crippen LogP) is 4.70. The number of hydrogen-bond acceptors (Lipinski definition) is 8. The number of alkyl halides is 3. The molecule has 262 valence electrons. The Morgan fingerprint density at radius 1 is 1.06 bits per heavy atom. The average molecular weight is 692 g/mol. The molecule has 2 aromatic carbocycles. The van der Waals surface area contributed by atoms with Crippen molar-refractivity contribution in [1.82, 2.24) is 13.8 Å². The molecule has 14 heteroatoms. The highest BCUT2D eigenvalue weighted by Gasteiger charge is 2.30. The van der Waals surface area contributed by atoms with Crippen LogP contribution in [0.1, 0.15) is 31.4 Å². The summed E-state index contributed by atoms with van der Waals surface area (Å²) in [6.45, 7) is 1.85. The van der Waals surface area contributed by atoms with Gasteiger partial charge < -0.3 is 35.1 Å². The fraction of sp³-hybridized carbons (Fsp3) is 0.471. The number of rotatable bonds is 14. The lowest BCUT2D eigenvalue weighted by atomic mass is 9.84. The van der Waals surface area contributed by atoms with E-state index in [0.29, 0.717) is 22.5 Å². The Hall–Kier alpha value is -3.90. The van der Waals surface area contributed by atoms with E-state index in [1.807, 2.05) is 20.2 Å². The second-order valence-corrected chi connectivity index (χ2v) is 13.9. The molecular weight excluding hydrogens is 647 g/mol. The molecule has 0 unspecified atom stereocenters. The van der Waals surface area contributed by atoms with Crippen LogP contribution in [0.25, 0.3) is 10.9 Å². The first-order valence-corrected chi connectivity index (χ1v) is 17.2. The summed E-state index contributed by atoms with van der Waals surface area (Å²) in [7, 11) is 1.34. The van der Waals surface area contributed by atoms with Crippen LogP contribution < -0.4 is 15.4 Å². The molecule has 1 aromatic heterocycles. The van der Waals surface area contributed by atoms with Crippen LogP contribution in [0.15, 0.2) is 59.6 Å². The van der Waals surface area contributed by atoms with Gasteiger partial charge in [0.2, 0.25) is 10.0 Å². The molecule has 0 radical (unpaired) electrons. The van der Waals surface area contributed by atoms with Crippen molar-refractivity contribution in [3.8, 4) is 17.6 Å². The fourth-order valence-corrected chi connectivity index (χ4v) is 7.43. The van der Waals surface area contributed by atoms with Gasteiger partial charge in [-0.1, -0.05) is 18.6 Å². The van der Waals surface area contributed by atoms with Gasteiger partial charge in [-0.05, 0) is 67.9 Å². The van der Waals surface area contributed by atoms with Crippen molar-refractivity contribution >= 4 is 32.3 Å². The maximum Gasteiger partial charge on any atom is 0.406 e. The number of hydrogen-bond donors (Lipinski definition) is 4. The summed E-state index contributed by atoms with van der Waals surface area (Å²) in [5, 5.41) is 25.8. The molecule has 1 saturated carbocycles. The third kappa shape index (κ3) is 8.96. The fourth-order valence-electron chi connectivity index (χ4n) is 6.00. The lowest BCUT2D eigenvalue weighted by molar-refractivity contribution is -0.140. The van der Waals surface area contributed by atoms with Crippen molar-refractivity contribution in [3.05, 3.63) is 60.4 Å². The van der Waals surface area contributed by atoms with E-state index in [2.05, 4.69) is 34.0 Å². The second kappa shape index (κ2) is 16.0. The third-order valence-corrected chi connectivity index (χ3v) is 10.4. The van der Waals surface area contributed by atoms with Crippen LogP contribution in [0, 0.1) is 17.8 Å². The molecule has 3 aromatic rings. The zero-order chi connectivity index (χ0) is 35.1. The van der Waals surface area contributed by atoms with Crippen molar-refractivity contribution in [2.45, 2.75) is 49.3 Å². The molecule has 10 nitrogen and oxygen atoms in total. The van der Waals surface area contributed by atoms with E-state index >= 15 is 0 Å².